The lowest BCUT2D eigenvalue weighted by Crippen LogP contribution is -2.02. The van der Waals surface area contributed by atoms with Crippen LogP contribution in [-0.4, -0.2) is 19.5 Å². The molecular weight excluding hydrogens is 733 g/mol. The zero-order chi connectivity index (χ0) is 39.3. The monoisotopic (exact) mass is 764 g/mol. The molecule has 0 radical (unpaired) electrons. The molecule has 0 aliphatic rings. The van der Waals surface area contributed by atoms with Crippen molar-refractivity contribution >= 4 is 86.8 Å². The Hall–Kier alpha value is -8.15. The van der Waals surface area contributed by atoms with Crippen LogP contribution in [0.3, 0.4) is 0 Å². The summed E-state index contributed by atoms with van der Waals surface area (Å²) in [4.78, 5) is 16.3. The maximum atomic E-state index is 6.76. The maximum absolute atomic E-state index is 6.76. The third-order valence-electron chi connectivity index (χ3n) is 12.2. The van der Waals surface area contributed by atoms with Crippen molar-refractivity contribution < 1.29 is 4.42 Å². The molecule has 10 aromatic carbocycles. The van der Waals surface area contributed by atoms with Crippen LogP contribution in [0.4, 0.5) is 0 Å². The van der Waals surface area contributed by atoms with Crippen LogP contribution in [0.5, 0.6) is 0 Å². The van der Waals surface area contributed by atoms with Gasteiger partial charge < -0.3 is 8.98 Å². The van der Waals surface area contributed by atoms with Crippen LogP contribution in [-0.2, 0) is 0 Å². The number of nitrogens with zero attached hydrogens (tertiary/aromatic N) is 4. The Balaban J connectivity index is 1.16. The van der Waals surface area contributed by atoms with E-state index in [0.717, 1.165) is 82.3 Å². The average molecular weight is 765 g/mol. The van der Waals surface area contributed by atoms with Crippen molar-refractivity contribution in [2.24, 2.45) is 0 Å². The molecule has 0 fully saturated rings. The largest absolute Gasteiger partial charge is 0.456 e. The van der Waals surface area contributed by atoms with E-state index < -0.39 is 0 Å². The highest BCUT2D eigenvalue weighted by Crippen LogP contribution is 2.42. The van der Waals surface area contributed by atoms with Crippen LogP contribution >= 0.6 is 0 Å². The average Bonchev–Trinajstić information content (AvgIpc) is 3.85. The molecule has 3 aromatic heterocycles. The molecule has 0 aliphatic carbocycles. The van der Waals surface area contributed by atoms with Gasteiger partial charge in [-0.15, -0.1) is 0 Å². The minimum atomic E-state index is 0.574. The molecule has 0 saturated carbocycles. The van der Waals surface area contributed by atoms with E-state index in [1.807, 2.05) is 12.1 Å². The Morgan fingerprint density at radius 3 is 1.72 bits per heavy atom. The number of hydrogen-bond acceptors (Lipinski definition) is 4. The van der Waals surface area contributed by atoms with Gasteiger partial charge in [-0.2, -0.15) is 0 Å². The fourth-order valence-electron chi connectivity index (χ4n) is 9.48. The summed E-state index contributed by atoms with van der Waals surface area (Å²) in [6.07, 6.45) is 0. The van der Waals surface area contributed by atoms with E-state index in [2.05, 4.69) is 187 Å². The van der Waals surface area contributed by atoms with Gasteiger partial charge in [0.15, 0.2) is 17.5 Å². The first-order chi connectivity index (χ1) is 29.7. The van der Waals surface area contributed by atoms with Crippen molar-refractivity contribution in [3.05, 3.63) is 194 Å². The summed E-state index contributed by atoms with van der Waals surface area (Å²) in [7, 11) is 0. The molecule has 60 heavy (non-hydrogen) atoms. The van der Waals surface area contributed by atoms with Gasteiger partial charge >= 0.3 is 0 Å². The first-order valence-corrected chi connectivity index (χ1v) is 20.3. The highest BCUT2D eigenvalue weighted by molar-refractivity contribution is 6.17. The second-order valence-corrected chi connectivity index (χ2v) is 15.6. The molecule has 0 amide bonds. The quantitative estimate of drug-likeness (QED) is 0.167. The second kappa shape index (κ2) is 12.7. The van der Waals surface area contributed by atoms with E-state index in [9.17, 15) is 0 Å². The molecule has 13 rings (SSSR count). The fraction of sp³-hybridized carbons (Fsp3) is 0. The predicted octanol–water partition coefficient (Wildman–Crippen LogP) is 14.5. The SMILES string of the molecule is c1ccc2cc3c(cc2c1)c1ccccc1n3-c1cc(-c2nc(-c3cccc4ccccc34)nc(-c3cc4ccccc4c4ccccc34)n2)c2c(c1)oc1ccccc12. The van der Waals surface area contributed by atoms with E-state index in [1.54, 1.807) is 0 Å². The fourth-order valence-corrected chi connectivity index (χ4v) is 9.48. The topological polar surface area (TPSA) is 56.7 Å². The van der Waals surface area contributed by atoms with Crippen LogP contribution < -0.4 is 0 Å². The lowest BCUT2D eigenvalue weighted by atomic mass is 9.96. The van der Waals surface area contributed by atoms with E-state index in [-0.39, 0.29) is 0 Å². The minimum Gasteiger partial charge on any atom is -0.456 e. The maximum Gasteiger partial charge on any atom is 0.164 e. The van der Waals surface area contributed by atoms with Crippen LogP contribution in [0.2, 0.25) is 0 Å². The summed E-state index contributed by atoms with van der Waals surface area (Å²) in [5, 5.41) is 13.5. The Morgan fingerprint density at radius 2 is 0.900 bits per heavy atom. The highest BCUT2D eigenvalue weighted by atomic mass is 16.3. The van der Waals surface area contributed by atoms with Gasteiger partial charge in [0, 0.05) is 44.3 Å². The van der Waals surface area contributed by atoms with Gasteiger partial charge in [-0.05, 0) is 79.5 Å². The number of benzene rings is 10. The van der Waals surface area contributed by atoms with Crippen molar-refractivity contribution in [1.29, 1.82) is 0 Å². The number of para-hydroxylation sites is 2. The molecule has 0 unspecified atom stereocenters. The molecule has 13 aromatic rings. The van der Waals surface area contributed by atoms with Crippen LogP contribution in [0.1, 0.15) is 0 Å². The van der Waals surface area contributed by atoms with E-state index in [0.29, 0.717) is 17.5 Å². The minimum absolute atomic E-state index is 0.574. The van der Waals surface area contributed by atoms with Gasteiger partial charge in [0.1, 0.15) is 11.2 Å². The molecule has 5 nitrogen and oxygen atoms in total. The zero-order valence-corrected chi connectivity index (χ0v) is 32.2. The van der Waals surface area contributed by atoms with Crippen LogP contribution in [0, 0.1) is 0 Å². The second-order valence-electron chi connectivity index (χ2n) is 15.6. The molecule has 0 aliphatic heterocycles. The molecule has 278 valence electrons. The Bertz CT molecular complexity index is 3910. The molecule has 0 saturated heterocycles. The number of aromatic nitrogens is 4. The number of fused-ring (bicyclic) bond motifs is 11. The molecule has 0 N–H and O–H groups in total. The molecule has 5 heteroatoms. The van der Waals surface area contributed by atoms with Gasteiger partial charge in [0.25, 0.3) is 0 Å². The Labute approximate surface area is 343 Å². The first-order valence-electron chi connectivity index (χ1n) is 20.3. The summed E-state index contributed by atoms with van der Waals surface area (Å²) >= 11 is 0. The van der Waals surface area contributed by atoms with Gasteiger partial charge in [-0.3, -0.25) is 0 Å². The lowest BCUT2D eigenvalue weighted by Gasteiger charge is -2.15. The smallest absolute Gasteiger partial charge is 0.164 e. The van der Waals surface area contributed by atoms with Crippen molar-refractivity contribution in [1.82, 2.24) is 19.5 Å². The van der Waals surface area contributed by atoms with Gasteiger partial charge in [0.2, 0.25) is 0 Å². The Kier molecular flexibility index (Phi) is 6.95. The summed E-state index contributed by atoms with van der Waals surface area (Å²) in [6, 6.07) is 68.6. The molecule has 0 atom stereocenters. The third-order valence-corrected chi connectivity index (χ3v) is 12.2. The Morgan fingerprint density at radius 1 is 0.317 bits per heavy atom. The van der Waals surface area contributed by atoms with Gasteiger partial charge in [0.05, 0.1) is 16.7 Å². The van der Waals surface area contributed by atoms with Crippen molar-refractivity contribution in [3.63, 3.8) is 0 Å². The van der Waals surface area contributed by atoms with Crippen molar-refractivity contribution in [2.45, 2.75) is 0 Å². The van der Waals surface area contributed by atoms with Crippen molar-refractivity contribution in [3.8, 4) is 39.9 Å². The third kappa shape index (κ3) is 4.90. The molecule has 0 spiro atoms. The van der Waals surface area contributed by atoms with E-state index >= 15 is 0 Å². The van der Waals surface area contributed by atoms with Gasteiger partial charge in [-0.25, -0.2) is 15.0 Å². The van der Waals surface area contributed by atoms with Gasteiger partial charge in [-0.1, -0.05) is 152 Å². The number of furan rings is 1. The van der Waals surface area contributed by atoms with Crippen LogP contribution in [0.15, 0.2) is 199 Å². The highest BCUT2D eigenvalue weighted by Gasteiger charge is 2.23. The summed E-state index contributed by atoms with van der Waals surface area (Å²) in [5.41, 5.74) is 7.53. The first kappa shape index (κ1) is 32.9. The normalized spacial score (nSPS) is 12.0. The van der Waals surface area contributed by atoms with E-state index in [4.69, 9.17) is 19.4 Å². The standard InChI is InChI=1S/C55H32N4O/c1-2-16-35-30-49-45(28-34(35)15-1)42-23-9-11-26-48(42)59(49)37-31-47(52-44-24-10-12-27-50(44)60-51(52)32-37)55-57-53(43-25-13-18-33-14-3-5-19-38(33)43)56-54(58-55)46-29-36-17-4-6-20-39(36)40-21-7-8-22-41(40)46/h1-32H. The number of rotatable bonds is 4. The lowest BCUT2D eigenvalue weighted by molar-refractivity contribution is 0.668. The summed E-state index contributed by atoms with van der Waals surface area (Å²) in [5.74, 6) is 1.79. The van der Waals surface area contributed by atoms with Crippen LogP contribution in [0.25, 0.3) is 127 Å². The zero-order valence-electron chi connectivity index (χ0n) is 32.2. The molecular formula is C55H32N4O. The molecule has 0 bridgehead atoms. The van der Waals surface area contributed by atoms with E-state index in [1.165, 1.54) is 26.9 Å². The summed E-state index contributed by atoms with van der Waals surface area (Å²) in [6.45, 7) is 0. The predicted molar refractivity (Wildman–Crippen MR) is 248 cm³/mol. The summed E-state index contributed by atoms with van der Waals surface area (Å²) < 4.78 is 9.12. The van der Waals surface area contributed by atoms with Crippen molar-refractivity contribution in [2.75, 3.05) is 0 Å². The molecule has 3 heterocycles. The number of hydrogen-bond donors (Lipinski definition) is 0.